The van der Waals surface area contributed by atoms with Crippen LogP contribution in [0, 0.1) is 0 Å². The third-order valence-electron chi connectivity index (χ3n) is 3.95. The van der Waals surface area contributed by atoms with Crippen molar-refractivity contribution in [1.29, 1.82) is 0 Å². The highest BCUT2D eigenvalue weighted by Crippen LogP contribution is 2.18. The number of hydrogen-bond donors (Lipinski definition) is 3. The Morgan fingerprint density at radius 3 is 2.45 bits per heavy atom. The first kappa shape index (κ1) is 22.2. The third kappa shape index (κ3) is 7.42. The van der Waals surface area contributed by atoms with Crippen molar-refractivity contribution in [2.24, 2.45) is 0 Å². The summed E-state index contributed by atoms with van der Waals surface area (Å²) in [5.41, 5.74) is 6.19. The Labute approximate surface area is 175 Å². The van der Waals surface area contributed by atoms with Gasteiger partial charge in [-0.15, -0.1) is 0 Å². The summed E-state index contributed by atoms with van der Waals surface area (Å²) in [6, 6.07) is 14.1. The first-order chi connectivity index (χ1) is 14.0. The van der Waals surface area contributed by atoms with E-state index >= 15 is 0 Å². The van der Waals surface area contributed by atoms with Gasteiger partial charge in [-0.3, -0.25) is 25.8 Å². The Kier molecular flexibility index (Phi) is 8.91. The fourth-order valence-electron chi connectivity index (χ4n) is 2.41. The van der Waals surface area contributed by atoms with Crippen molar-refractivity contribution >= 4 is 29.1 Å². The molecule has 2 aromatic carbocycles. The van der Waals surface area contributed by atoms with Crippen molar-refractivity contribution < 1.29 is 19.1 Å². The van der Waals surface area contributed by atoms with Crippen LogP contribution >= 0.6 is 12.2 Å². The molecule has 0 saturated carbocycles. The number of unbranched alkanes of at least 4 members (excludes halogenated alkanes) is 1. The predicted octanol–water partition coefficient (Wildman–Crippen LogP) is 2.75. The van der Waals surface area contributed by atoms with Gasteiger partial charge in [-0.05, 0) is 48.5 Å². The summed E-state index contributed by atoms with van der Waals surface area (Å²) in [4.78, 5) is 24.5. The highest BCUT2D eigenvalue weighted by Gasteiger charge is 2.14. The number of hydrogen-bond acceptors (Lipinski definition) is 5. The van der Waals surface area contributed by atoms with E-state index < -0.39 is 5.91 Å². The number of rotatable bonds is 8. The van der Waals surface area contributed by atoms with Gasteiger partial charge in [0, 0.05) is 0 Å². The molecule has 0 aromatic heterocycles. The summed E-state index contributed by atoms with van der Waals surface area (Å²) in [7, 11) is 1.58. The van der Waals surface area contributed by atoms with Crippen LogP contribution in [0.4, 0.5) is 0 Å². The first-order valence-corrected chi connectivity index (χ1v) is 9.69. The number of carbonyl (C=O) groups excluding carboxylic acids is 2. The van der Waals surface area contributed by atoms with E-state index in [0.29, 0.717) is 17.9 Å². The van der Waals surface area contributed by atoms with Gasteiger partial charge in [0.1, 0.15) is 11.5 Å². The Hall–Kier alpha value is -3.13. The molecule has 154 valence electrons. The predicted molar refractivity (Wildman–Crippen MR) is 115 cm³/mol. The van der Waals surface area contributed by atoms with E-state index in [1.807, 2.05) is 0 Å². The monoisotopic (exact) mass is 415 g/mol. The maximum absolute atomic E-state index is 12.5. The maximum Gasteiger partial charge on any atom is 0.261 e. The second kappa shape index (κ2) is 11.7. The molecule has 2 aromatic rings. The van der Waals surface area contributed by atoms with Crippen LogP contribution in [0.25, 0.3) is 0 Å². The molecule has 0 atom stereocenters. The largest absolute Gasteiger partial charge is 0.497 e. The van der Waals surface area contributed by atoms with Gasteiger partial charge in [-0.25, -0.2) is 0 Å². The number of nitrogens with one attached hydrogen (secondary N) is 3. The van der Waals surface area contributed by atoms with Crippen LogP contribution in [-0.2, 0) is 11.2 Å². The molecule has 0 fully saturated rings. The van der Waals surface area contributed by atoms with Crippen LogP contribution < -0.4 is 25.6 Å². The van der Waals surface area contributed by atoms with E-state index in [1.165, 1.54) is 0 Å². The van der Waals surface area contributed by atoms with Gasteiger partial charge in [0.05, 0.1) is 25.7 Å². The number of methoxy groups -OCH3 is 1. The topological polar surface area (TPSA) is 88.7 Å². The molecule has 7 nitrogen and oxygen atoms in total. The second-order valence-corrected chi connectivity index (χ2v) is 6.59. The standard InChI is InChI=1S/C21H25N3O4S/c1-3-4-13-28-18-8-6-5-7-17(18)20(26)22-21(29)24-23-19(25)14-15-9-11-16(27-2)12-10-15/h5-12H,3-4,13-14H2,1-2H3,(H,23,25)(H2,22,24,26,29). The fraction of sp³-hybridized carbons (Fsp3) is 0.286. The van der Waals surface area contributed by atoms with Crippen molar-refractivity contribution in [1.82, 2.24) is 16.2 Å². The smallest absolute Gasteiger partial charge is 0.261 e. The minimum atomic E-state index is -0.418. The number of hydrazine groups is 1. The van der Waals surface area contributed by atoms with Gasteiger partial charge in [0.2, 0.25) is 5.91 Å². The summed E-state index contributed by atoms with van der Waals surface area (Å²) < 4.78 is 10.7. The quantitative estimate of drug-likeness (QED) is 0.349. The Balaban J connectivity index is 1.82. The fourth-order valence-corrected chi connectivity index (χ4v) is 2.55. The van der Waals surface area contributed by atoms with Crippen molar-refractivity contribution in [3.63, 3.8) is 0 Å². The molecule has 0 aliphatic rings. The van der Waals surface area contributed by atoms with Crippen LogP contribution in [0.1, 0.15) is 35.7 Å². The summed E-state index contributed by atoms with van der Waals surface area (Å²) in [5, 5.41) is 2.52. The van der Waals surface area contributed by atoms with E-state index in [0.717, 1.165) is 24.2 Å². The highest BCUT2D eigenvalue weighted by molar-refractivity contribution is 7.80. The van der Waals surface area contributed by atoms with E-state index in [1.54, 1.807) is 55.6 Å². The number of amides is 2. The molecular weight excluding hydrogens is 390 g/mol. The second-order valence-electron chi connectivity index (χ2n) is 6.18. The van der Waals surface area contributed by atoms with Gasteiger partial charge in [0.25, 0.3) is 5.91 Å². The van der Waals surface area contributed by atoms with Gasteiger partial charge >= 0.3 is 0 Å². The van der Waals surface area contributed by atoms with Crippen LogP contribution in [-0.4, -0.2) is 30.6 Å². The Bertz CT molecular complexity index is 840. The molecule has 0 spiro atoms. The average Bonchev–Trinajstić information content (AvgIpc) is 2.73. The molecule has 0 bridgehead atoms. The number of benzene rings is 2. The van der Waals surface area contributed by atoms with E-state index in [2.05, 4.69) is 23.1 Å². The zero-order valence-electron chi connectivity index (χ0n) is 16.5. The van der Waals surface area contributed by atoms with Gasteiger partial charge in [-0.1, -0.05) is 37.6 Å². The third-order valence-corrected chi connectivity index (χ3v) is 4.16. The van der Waals surface area contributed by atoms with Crippen LogP contribution in [0.3, 0.4) is 0 Å². The Morgan fingerprint density at radius 2 is 1.76 bits per heavy atom. The van der Waals surface area contributed by atoms with Crippen molar-refractivity contribution in [3.8, 4) is 11.5 Å². The minimum Gasteiger partial charge on any atom is -0.497 e. The summed E-state index contributed by atoms with van der Waals surface area (Å²) >= 11 is 5.08. The lowest BCUT2D eigenvalue weighted by molar-refractivity contribution is -0.121. The van der Waals surface area contributed by atoms with Crippen LogP contribution in [0.5, 0.6) is 11.5 Å². The van der Waals surface area contributed by atoms with E-state index in [9.17, 15) is 9.59 Å². The minimum absolute atomic E-state index is 0.0126. The lowest BCUT2D eigenvalue weighted by atomic mass is 10.1. The molecule has 29 heavy (non-hydrogen) atoms. The van der Waals surface area contributed by atoms with E-state index in [-0.39, 0.29) is 17.4 Å². The maximum atomic E-state index is 12.5. The number of carbonyl (C=O) groups is 2. The molecule has 0 aliphatic carbocycles. The van der Waals surface area contributed by atoms with Gasteiger partial charge in [0.15, 0.2) is 5.11 Å². The van der Waals surface area contributed by atoms with Crippen molar-refractivity contribution in [2.75, 3.05) is 13.7 Å². The number of thiocarbonyl (C=S) groups is 1. The summed E-state index contributed by atoms with van der Waals surface area (Å²) in [6.45, 7) is 2.60. The molecule has 0 saturated heterocycles. The zero-order chi connectivity index (χ0) is 21.1. The normalized spacial score (nSPS) is 10.0. The molecule has 2 amide bonds. The van der Waals surface area contributed by atoms with Gasteiger partial charge in [-0.2, -0.15) is 0 Å². The molecule has 0 unspecified atom stereocenters. The molecule has 0 heterocycles. The van der Waals surface area contributed by atoms with Gasteiger partial charge < -0.3 is 9.47 Å². The molecule has 0 aliphatic heterocycles. The van der Waals surface area contributed by atoms with Crippen molar-refractivity contribution in [3.05, 3.63) is 59.7 Å². The summed E-state index contributed by atoms with van der Waals surface area (Å²) in [5.74, 6) is 0.494. The zero-order valence-corrected chi connectivity index (χ0v) is 17.3. The number of ether oxygens (including phenoxy) is 2. The molecule has 3 N–H and O–H groups in total. The molecule has 8 heteroatoms. The van der Waals surface area contributed by atoms with Crippen molar-refractivity contribution in [2.45, 2.75) is 26.2 Å². The number of para-hydroxylation sites is 1. The van der Waals surface area contributed by atoms with E-state index in [4.69, 9.17) is 21.7 Å². The SMILES string of the molecule is CCCCOc1ccccc1C(=O)NC(=S)NNC(=O)Cc1ccc(OC)cc1. The highest BCUT2D eigenvalue weighted by atomic mass is 32.1. The van der Waals surface area contributed by atoms with Crippen LogP contribution in [0.2, 0.25) is 0 Å². The lowest BCUT2D eigenvalue weighted by Gasteiger charge is -2.13. The lowest BCUT2D eigenvalue weighted by Crippen LogP contribution is -2.48. The summed E-state index contributed by atoms with van der Waals surface area (Å²) in [6.07, 6.45) is 2.05. The first-order valence-electron chi connectivity index (χ1n) is 9.28. The van der Waals surface area contributed by atoms with Crippen LogP contribution in [0.15, 0.2) is 48.5 Å². The molecule has 0 radical (unpaired) electrons. The Morgan fingerprint density at radius 1 is 1.03 bits per heavy atom. The molecule has 2 rings (SSSR count). The average molecular weight is 416 g/mol. The molecular formula is C21H25N3O4S.